The van der Waals surface area contributed by atoms with E-state index in [4.69, 9.17) is 9.47 Å². The lowest BCUT2D eigenvalue weighted by molar-refractivity contribution is -0.137. The van der Waals surface area contributed by atoms with Crippen molar-refractivity contribution in [2.75, 3.05) is 33.3 Å². The highest BCUT2D eigenvalue weighted by Crippen LogP contribution is 2.41. The summed E-state index contributed by atoms with van der Waals surface area (Å²) in [5.74, 6) is 1.62. The van der Waals surface area contributed by atoms with Crippen LogP contribution in [0.5, 0.6) is 11.6 Å². The van der Waals surface area contributed by atoms with Gasteiger partial charge >= 0.3 is 0 Å². The van der Waals surface area contributed by atoms with E-state index in [9.17, 15) is 4.79 Å². The van der Waals surface area contributed by atoms with Crippen molar-refractivity contribution in [1.29, 1.82) is 0 Å². The molecule has 29 heavy (non-hydrogen) atoms. The van der Waals surface area contributed by atoms with Gasteiger partial charge in [-0.1, -0.05) is 24.3 Å². The van der Waals surface area contributed by atoms with Crippen molar-refractivity contribution in [2.45, 2.75) is 31.9 Å². The van der Waals surface area contributed by atoms with Crippen molar-refractivity contribution < 1.29 is 14.3 Å². The minimum atomic E-state index is -0.133. The molecule has 1 amide bonds. The molecule has 1 atom stereocenters. The SMILES string of the molecule is CN1CCC2(CCN(Cc3ccc([C@H]4COc5cccnc5O4)cc3)CC2)C1=O. The van der Waals surface area contributed by atoms with Gasteiger partial charge in [0.2, 0.25) is 5.91 Å². The Morgan fingerprint density at radius 3 is 2.59 bits per heavy atom. The standard InChI is InChI=1S/C23H27N3O3/c1-25-12-8-23(22(25)27)9-13-26(14-10-23)15-17-4-6-18(7-5-17)20-16-28-19-3-2-11-24-21(19)29-20/h2-7,11,20H,8-10,12-16H2,1H3/t20-/m1/s1. The molecule has 3 aliphatic rings. The van der Waals surface area contributed by atoms with Crippen molar-refractivity contribution in [2.24, 2.45) is 5.41 Å². The van der Waals surface area contributed by atoms with Gasteiger partial charge in [0, 0.05) is 26.3 Å². The van der Waals surface area contributed by atoms with Crippen molar-refractivity contribution in [3.63, 3.8) is 0 Å². The second-order valence-corrected chi connectivity index (χ2v) is 8.50. The second kappa shape index (κ2) is 7.34. The zero-order chi connectivity index (χ0) is 19.8. The maximum Gasteiger partial charge on any atom is 0.257 e. The Bertz CT molecular complexity index is 890. The van der Waals surface area contributed by atoms with Gasteiger partial charge in [0.05, 0.1) is 5.41 Å². The third kappa shape index (κ3) is 3.46. The monoisotopic (exact) mass is 393 g/mol. The zero-order valence-electron chi connectivity index (χ0n) is 16.8. The summed E-state index contributed by atoms with van der Waals surface area (Å²) in [5, 5.41) is 0. The number of carbonyl (C=O) groups is 1. The number of nitrogens with zero attached hydrogens (tertiary/aromatic N) is 3. The van der Waals surface area contributed by atoms with E-state index in [1.54, 1.807) is 6.20 Å². The van der Waals surface area contributed by atoms with E-state index in [0.717, 1.165) is 51.0 Å². The van der Waals surface area contributed by atoms with Crippen molar-refractivity contribution in [1.82, 2.24) is 14.8 Å². The largest absolute Gasteiger partial charge is 0.484 e. The van der Waals surface area contributed by atoms with E-state index in [1.807, 2.05) is 24.1 Å². The van der Waals surface area contributed by atoms with E-state index >= 15 is 0 Å². The molecule has 0 unspecified atom stereocenters. The molecule has 6 nitrogen and oxygen atoms in total. The topological polar surface area (TPSA) is 54.9 Å². The maximum absolute atomic E-state index is 12.5. The summed E-state index contributed by atoms with van der Waals surface area (Å²) in [6.45, 7) is 4.31. The zero-order valence-corrected chi connectivity index (χ0v) is 16.8. The number of piperidine rings is 1. The predicted octanol–water partition coefficient (Wildman–Crippen LogP) is 3.04. The number of amides is 1. The molecule has 1 aromatic heterocycles. The molecule has 3 aliphatic heterocycles. The van der Waals surface area contributed by atoms with Crippen molar-refractivity contribution in [3.8, 4) is 11.6 Å². The van der Waals surface area contributed by atoms with Crippen LogP contribution in [-0.4, -0.2) is 54.0 Å². The summed E-state index contributed by atoms with van der Waals surface area (Å²) in [6, 6.07) is 12.3. The average molecular weight is 393 g/mol. The summed E-state index contributed by atoms with van der Waals surface area (Å²) in [6.07, 6.45) is 4.56. The number of rotatable bonds is 3. The van der Waals surface area contributed by atoms with Crippen LogP contribution in [-0.2, 0) is 11.3 Å². The molecule has 1 aromatic carbocycles. The maximum atomic E-state index is 12.5. The fourth-order valence-corrected chi connectivity index (χ4v) is 4.77. The van der Waals surface area contributed by atoms with E-state index in [2.05, 4.69) is 34.1 Å². The van der Waals surface area contributed by atoms with E-state index in [1.165, 1.54) is 5.56 Å². The molecule has 1 spiro atoms. The van der Waals surface area contributed by atoms with Crippen LogP contribution in [0.3, 0.4) is 0 Å². The molecule has 0 N–H and O–H groups in total. The lowest BCUT2D eigenvalue weighted by Crippen LogP contribution is -2.43. The molecule has 0 radical (unpaired) electrons. The highest BCUT2D eigenvalue weighted by atomic mass is 16.6. The first kappa shape index (κ1) is 18.4. The minimum Gasteiger partial charge on any atom is -0.484 e. The smallest absolute Gasteiger partial charge is 0.257 e. The van der Waals surface area contributed by atoms with Crippen LogP contribution in [0.2, 0.25) is 0 Å². The predicted molar refractivity (Wildman–Crippen MR) is 109 cm³/mol. The van der Waals surface area contributed by atoms with Gasteiger partial charge in [-0.25, -0.2) is 4.98 Å². The number of pyridine rings is 1. The first-order valence-electron chi connectivity index (χ1n) is 10.4. The number of fused-ring (bicyclic) bond motifs is 1. The van der Waals surface area contributed by atoms with Gasteiger partial charge in [-0.3, -0.25) is 9.69 Å². The fraction of sp³-hybridized carbons (Fsp3) is 0.478. The Morgan fingerprint density at radius 2 is 1.86 bits per heavy atom. The van der Waals surface area contributed by atoms with Crippen LogP contribution in [0.1, 0.15) is 36.5 Å². The number of likely N-dealkylation sites (tertiary alicyclic amines) is 2. The second-order valence-electron chi connectivity index (χ2n) is 8.50. The Labute approximate surface area is 171 Å². The lowest BCUT2D eigenvalue weighted by Gasteiger charge is -2.37. The Balaban J connectivity index is 1.18. The van der Waals surface area contributed by atoms with Gasteiger partial charge in [-0.15, -0.1) is 0 Å². The van der Waals surface area contributed by atoms with Crippen LogP contribution in [0, 0.1) is 5.41 Å². The minimum absolute atomic E-state index is 0.0856. The number of aromatic nitrogens is 1. The normalized spacial score (nSPS) is 23.6. The van der Waals surface area contributed by atoms with Gasteiger partial charge in [-0.05, 0) is 55.6 Å². The Morgan fingerprint density at radius 1 is 1.10 bits per heavy atom. The van der Waals surface area contributed by atoms with Crippen molar-refractivity contribution in [3.05, 3.63) is 53.7 Å². The number of carbonyl (C=O) groups excluding carboxylic acids is 1. The quantitative estimate of drug-likeness (QED) is 0.802. The molecular formula is C23H27N3O3. The number of ether oxygens (including phenoxy) is 2. The molecule has 4 heterocycles. The summed E-state index contributed by atoms with van der Waals surface area (Å²) in [7, 11) is 1.93. The van der Waals surface area contributed by atoms with Gasteiger partial charge in [0.25, 0.3) is 5.88 Å². The van der Waals surface area contributed by atoms with Gasteiger partial charge < -0.3 is 14.4 Å². The van der Waals surface area contributed by atoms with Crippen molar-refractivity contribution >= 4 is 5.91 Å². The van der Waals surface area contributed by atoms with E-state index in [-0.39, 0.29) is 11.5 Å². The fourth-order valence-electron chi connectivity index (χ4n) is 4.77. The molecule has 2 fully saturated rings. The van der Waals surface area contributed by atoms with Gasteiger partial charge in [-0.2, -0.15) is 0 Å². The Hall–Kier alpha value is -2.60. The molecular weight excluding hydrogens is 366 g/mol. The third-order valence-electron chi connectivity index (χ3n) is 6.68. The number of hydrogen-bond donors (Lipinski definition) is 0. The molecule has 6 heteroatoms. The van der Waals surface area contributed by atoms with Crippen LogP contribution >= 0.6 is 0 Å². The number of hydrogen-bond acceptors (Lipinski definition) is 5. The van der Waals surface area contributed by atoms with E-state index < -0.39 is 0 Å². The van der Waals surface area contributed by atoms with Crippen LogP contribution in [0.4, 0.5) is 0 Å². The highest BCUT2D eigenvalue weighted by molar-refractivity contribution is 5.84. The third-order valence-corrected chi connectivity index (χ3v) is 6.68. The molecule has 152 valence electrons. The molecule has 0 saturated carbocycles. The van der Waals surface area contributed by atoms with Gasteiger partial charge in [0.15, 0.2) is 11.9 Å². The van der Waals surface area contributed by atoms with E-state index in [0.29, 0.717) is 24.1 Å². The number of benzene rings is 1. The Kier molecular flexibility index (Phi) is 4.66. The lowest BCUT2D eigenvalue weighted by atomic mass is 9.77. The molecule has 2 aromatic rings. The van der Waals surface area contributed by atoms with Crippen LogP contribution in [0.25, 0.3) is 0 Å². The van der Waals surface area contributed by atoms with Crippen LogP contribution in [0.15, 0.2) is 42.6 Å². The molecule has 0 bridgehead atoms. The summed E-state index contributed by atoms with van der Waals surface area (Å²) in [4.78, 5) is 21.1. The average Bonchev–Trinajstić information content (AvgIpc) is 3.04. The summed E-state index contributed by atoms with van der Waals surface area (Å²) < 4.78 is 11.8. The summed E-state index contributed by atoms with van der Waals surface area (Å²) >= 11 is 0. The van der Waals surface area contributed by atoms with Crippen LogP contribution < -0.4 is 9.47 Å². The van der Waals surface area contributed by atoms with Gasteiger partial charge in [0.1, 0.15) is 6.61 Å². The molecule has 0 aliphatic carbocycles. The molecule has 2 saturated heterocycles. The first-order valence-corrected chi connectivity index (χ1v) is 10.4. The highest BCUT2D eigenvalue weighted by Gasteiger charge is 2.46. The first-order chi connectivity index (χ1) is 14.1. The molecule has 5 rings (SSSR count). The summed E-state index contributed by atoms with van der Waals surface area (Å²) in [5.41, 5.74) is 2.30.